The highest BCUT2D eigenvalue weighted by Crippen LogP contribution is 2.33. The Morgan fingerprint density at radius 2 is 1.95 bits per heavy atom. The number of hydrogen-bond acceptors (Lipinski definition) is 5. The summed E-state index contributed by atoms with van der Waals surface area (Å²) >= 11 is 11.3. The van der Waals surface area contributed by atoms with Crippen LogP contribution in [0.5, 0.6) is 0 Å². The van der Waals surface area contributed by atoms with Gasteiger partial charge in [0.25, 0.3) is 0 Å². The van der Waals surface area contributed by atoms with E-state index in [9.17, 15) is 18.9 Å². The lowest BCUT2D eigenvalue weighted by Gasteiger charge is -2.10. The molecule has 1 aromatic heterocycles. The minimum absolute atomic E-state index is 0.0128. The van der Waals surface area contributed by atoms with Crippen LogP contribution < -0.4 is 5.32 Å². The van der Waals surface area contributed by atoms with Gasteiger partial charge in [0.1, 0.15) is 11.5 Å². The van der Waals surface area contributed by atoms with Crippen LogP contribution in [0, 0.1) is 28.7 Å². The van der Waals surface area contributed by atoms with Crippen molar-refractivity contribution in [3.8, 4) is 0 Å². The van der Waals surface area contributed by atoms with Crippen LogP contribution >= 0.6 is 23.2 Å². The molecule has 0 aliphatic carbocycles. The molecule has 0 fully saturated rings. The summed E-state index contributed by atoms with van der Waals surface area (Å²) in [6, 6.07) is 1.43. The van der Waals surface area contributed by atoms with Gasteiger partial charge in [-0.2, -0.15) is 4.98 Å². The molecule has 0 saturated carbocycles. The van der Waals surface area contributed by atoms with Crippen LogP contribution in [0.4, 0.5) is 26.0 Å². The zero-order valence-corrected chi connectivity index (χ0v) is 11.8. The van der Waals surface area contributed by atoms with Gasteiger partial charge in [-0.3, -0.25) is 10.1 Å². The number of aromatic nitrogens is 2. The van der Waals surface area contributed by atoms with E-state index < -0.39 is 22.2 Å². The number of hydrogen-bond donors (Lipinski definition) is 1. The molecule has 0 amide bonds. The van der Waals surface area contributed by atoms with Crippen LogP contribution in [0.15, 0.2) is 12.1 Å². The van der Waals surface area contributed by atoms with Gasteiger partial charge in [-0.05, 0) is 24.6 Å². The van der Waals surface area contributed by atoms with E-state index >= 15 is 0 Å². The van der Waals surface area contributed by atoms with E-state index in [0.717, 1.165) is 6.07 Å². The molecule has 0 bridgehead atoms. The van der Waals surface area contributed by atoms with Gasteiger partial charge in [-0.15, -0.1) is 0 Å². The Morgan fingerprint density at radius 3 is 2.52 bits per heavy atom. The number of nitro groups is 1. The highest BCUT2D eigenvalue weighted by molar-refractivity contribution is 6.33. The van der Waals surface area contributed by atoms with Crippen molar-refractivity contribution in [3.63, 3.8) is 0 Å². The largest absolute Gasteiger partial charge is 0.332 e. The average molecular weight is 335 g/mol. The van der Waals surface area contributed by atoms with E-state index in [4.69, 9.17) is 23.2 Å². The van der Waals surface area contributed by atoms with Gasteiger partial charge in [-0.1, -0.05) is 11.6 Å². The van der Waals surface area contributed by atoms with E-state index in [-0.39, 0.29) is 27.5 Å². The Balaban J connectivity index is 2.57. The van der Waals surface area contributed by atoms with E-state index in [1.54, 1.807) is 0 Å². The van der Waals surface area contributed by atoms with Crippen molar-refractivity contribution in [2.24, 2.45) is 0 Å². The van der Waals surface area contributed by atoms with Gasteiger partial charge >= 0.3 is 5.69 Å². The van der Waals surface area contributed by atoms with E-state index in [1.165, 1.54) is 6.92 Å². The second kappa shape index (κ2) is 5.74. The van der Waals surface area contributed by atoms with Crippen LogP contribution in [0.1, 0.15) is 5.69 Å². The molecule has 1 aromatic carbocycles. The number of nitrogens with one attached hydrogen (secondary N) is 1. The minimum Gasteiger partial charge on any atom is -0.331 e. The first-order chi connectivity index (χ1) is 9.79. The highest BCUT2D eigenvalue weighted by Gasteiger charge is 2.23. The third-order valence-electron chi connectivity index (χ3n) is 2.46. The predicted molar refractivity (Wildman–Crippen MR) is 73.1 cm³/mol. The molecule has 0 saturated heterocycles. The summed E-state index contributed by atoms with van der Waals surface area (Å²) in [5, 5.41) is 12.8. The van der Waals surface area contributed by atoms with Crippen molar-refractivity contribution >= 4 is 40.4 Å². The zero-order chi connectivity index (χ0) is 15.7. The first kappa shape index (κ1) is 15.3. The smallest absolute Gasteiger partial charge is 0.331 e. The number of benzene rings is 1. The highest BCUT2D eigenvalue weighted by atomic mass is 35.5. The molecule has 6 nitrogen and oxygen atoms in total. The topological polar surface area (TPSA) is 81.0 Å². The fourth-order valence-electron chi connectivity index (χ4n) is 1.62. The molecule has 1 N–H and O–H groups in total. The fraction of sp³-hybridized carbons (Fsp3) is 0.0909. The number of anilines is 2. The summed E-state index contributed by atoms with van der Waals surface area (Å²) in [5.41, 5.74) is -0.851. The number of aryl methyl sites for hydroxylation is 1. The maximum atomic E-state index is 13.7. The van der Waals surface area contributed by atoms with Gasteiger partial charge < -0.3 is 5.32 Å². The Morgan fingerprint density at radius 1 is 1.29 bits per heavy atom. The van der Waals surface area contributed by atoms with Crippen molar-refractivity contribution in [1.82, 2.24) is 9.97 Å². The standard InChI is InChI=1S/C11H6Cl2F2N4O2/c1-4-9(19(20)21)10(18-11(13)16-4)17-8-6(12)2-5(14)3-7(8)15/h2-3H,1H3,(H,16,17,18). The Hall–Kier alpha value is -2.06. The third-order valence-corrected chi connectivity index (χ3v) is 2.93. The van der Waals surface area contributed by atoms with Gasteiger partial charge in [0, 0.05) is 6.07 Å². The van der Waals surface area contributed by atoms with Crippen molar-refractivity contribution in [1.29, 1.82) is 0 Å². The fourth-order valence-corrected chi connectivity index (χ4v) is 2.07. The summed E-state index contributed by atoms with van der Waals surface area (Å²) in [5.74, 6) is -2.25. The molecule has 2 rings (SSSR count). The lowest BCUT2D eigenvalue weighted by molar-refractivity contribution is -0.385. The van der Waals surface area contributed by atoms with Crippen molar-refractivity contribution < 1.29 is 13.7 Å². The molecule has 1 heterocycles. The van der Waals surface area contributed by atoms with Gasteiger partial charge in [-0.25, -0.2) is 13.8 Å². The van der Waals surface area contributed by atoms with Crippen LogP contribution in [0.3, 0.4) is 0 Å². The molecular formula is C11H6Cl2F2N4O2. The molecule has 0 unspecified atom stereocenters. The van der Waals surface area contributed by atoms with Crippen molar-refractivity contribution in [2.45, 2.75) is 6.92 Å². The number of nitrogens with zero attached hydrogens (tertiary/aromatic N) is 3. The van der Waals surface area contributed by atoms with Crippen molar-refractivity contribution in [3.05, 3.63) is 49.9 Å². The second-order valence-electron chi connectivity index (χ2n) is 3.90. The molecule has 0 spiro atoms. The van der Waals surface area contributed by atoms with E-state index in [1.807, 2.05) is 0 Å². The van der Waals surface area contributed by atoms with Crippen LogP contribution in [0.2, 0.25) is 10.3 Å². The second-order valence-corrected chi connectivity index (χ2v) is 4.65. The monoisotopic (exact) mass is 334 g/mol. The average Bonchev–Trinajstić information content (AvgIpc) is 2.32. The molecule has 0 aliphatic heterocycles. The predicted octanol–water partition coefficient (Wildman–Crippen LogP) is 4.02. The molecule has 0 atom stereocenters. The molecule has 2 aromatic rings. The zero-order valence-electron chi connectivity index (χ0n) is 10.3. The molecular weight excluding hydrogens is 329 g/mol. The Kier molecular flexibility index (Phi) is 4.19. The van der Waals surface area contributed by atoms with E-state index in [0.29, 0.717) is 6.07 Å². The van der Waals surface area contributed by atoms with Gasteiger partial charge in [0.15, 0.2) is 5.82 Å². The lowest BCUT2D eigenvalue weighted by atomic mass is 10.2. The number of rotatable bonds is 3. The quantitative estimate of drug-likeness (QED) is 0.520. The Labute approximate surface area is 126 Å². The van der Waals surface area contributed by atoms with Crippen LogP contribution in [0.25, 0.3) is 0 Å². The van der Waals surface area contributed by atoms with E-state index in [2.05, 4.69) is 15.3 Å². The van der Waals surface area contributed by atoms with Crippen LogP contribution in [-0.4, -0.2) is 14.9 Å². The van der Waals surface area contributed by atoms with Gasteiger partial charge in [0.2, 0.25) is 11.1 Å². The summed E-state index contributed by atoms with van der Waals surface area (Å²) in [4.78, 5) is 17.6. The molecule has 0 aliphatic rings. The molecule has 21 heavy (non-hydrogen) atoms. The van der Waals surface area contributed by atoms with Gasteiger partial charge in [0.05, 0.1) is 15.6 Å². The summed E-state index contributed by atoms with van der Waals surface area (Å²) in [6.07, 6.45) is 0. The molecule has 110 valence electrons. The molecule has 0 radical (unpaired) electrons. The maximum absolute atomic E-state index is 13.7. The third kappa shape index (κ3) is 3.17. The summed E-state index contributed by atoms with van der Waals surface area (Å²) < 4.78 is 26.7. The maximum Gasteiger partial charge on any atom is 0.332 e. The lowest BCUT2D eigenvalue weighted by Crippen LogP contribution is -2.05. The summed E-state index contributed by atoms with van der Waals surface area (Å²) in [7, 11) is 0. The summed E-state index contributed by atoms with van der Waals surface area (Å²) in [6.45, 7) is 1.35. The number of halogens is 4. The normalized spacial score (nSPS) is 10.5. The first-order valence-corrected chi connectivity index (χ1v) is 6.15. The minimum atomic E-state index is -1.03. The van der Waals surface area contributed by atoms with Crippen molar-refractivity contribution in [2.75, 3.05) is 5.32 Å². The van der Waals surface area contributed by atoms with Crippen LogP contribution in [-0.2, 0) is 0 Å². The SMILES string of the molecule is Cc1nc(Cl)nc(Nc2c(F)cc(F)cc2Cl)c1[N+](=O)[O-]. The molecule has 10 heteroatoms. The Bertz CT molecular complexity index is 719. The first-order valence-electron chi connectivity index (χ1n) is 5.39.